The molecule has 2 heterocycles. The molecule has 0 amide bonds. The first-order valence-corrected chi connectivity index (χ1v) is 10.3. The second kappa shape index (κ2) is 9.32. The van der Waals surface area contributed by atoms with Crippen LogP contribution in [-0.4, -0.2) is 63.0 Å². The van der Waals surface area contributed by atoms with Crippen LogP contribution in [0.25, 0.3) is 0 Å². The van der Waals surface area contributed by atoms with Gasteiger partial charge in [-0.25, -0.2) is 0 Å². The van der Waals surface area contributed by atoms with E-state index in [0.717, 1.165) is 58.8 Å². The van der Waals surface area contributed by atoms with Gasteiger partial charge in [0.2, 0.25) is 0 Å². The van der Waals surface area contributed by atoms with Crippen LogP contribution >= 0.6 is 0 Å². The maximum atomic E-state index is 6.02. The molecule has 4 nitrogen and oxygen atoms in total. The topological polar surface area (TPSA) is 33.7 Å². The third kappa shape index (κ3) is 5.53. The van der Waals surface area contributed by atoms with Gasteiger partial charge in [-0.3, -0.25) is 4.90 Å². The summed E-state index contributed by atoms with van der Waals surface area (Å²) >= 11 is 0. The highest BCUT2D eigenvalue weighted by molar-refractivity contribution is 5.27. The average Bonchev–Trinajstić information content (AvgIpc) is 2.65. The maximum Gasteiger partial charge on any atom is 0.0635 e. The SMILES string of the molecule is CC1(C)C[C@](CCNCCCN2CCOCC2)(c2ccccc2)CCO1. The molecule has 0 spiro atoms. The van der Waals surface area contributed by atoms with Crippen molar-refractivity contribution in [3.8, 4) is 0 Å². The Balaban J connectivity index is 1.47. The number of benzene rings is 1. The quantitative estimate of drug-likeness (QED) is 0.722. The molecule has 0 saturated carbocycles. The minimum Gasteiger partial charge on any atom is -0.379 e. The fraction of sp³-hybridized carbons (Fsp3) is 0.727. The van der Waals surface area contributed by atoms with Crippen LogP contribution in [0.4, 0.5) is 0 Å². The molecule has 1 aromatic rings. The van der Waals surface area contributed by atoms with E-state index >= 15 is 0 Å². The fourth-order valence-electron chi connectivity index (χ4n) is 4.58. The first kappa shape index (κ1) is 19.8. The molecule has 2 fully saturated rings. The lowest BCUT2D eigenvalue weighted by molar-refractivity contribution is -0.0839. The number of morpholine rings is 1. The fourth-order valence-corrected chi connectivity index (χ4v) is 4.58. The maximum absolute atomic E-state index is 6.02. The van der Waals surface area contributed by atoms with Crippen LogP contribution in [0.2, 0.25) is 0 Å². The highest BCUT2D eigenvalue weighted by Crippen LogP contribution is 2.43. The van der Waals surface area contributed by atoms with Gasteiger partial charge in [0, 0.05) is 25.1 Å². The summed E-state index contributed by atoms with van der Waals surface area (Å²) in [7, 11) is 0. The molecule has 0 aromatic heterocycles. The molecule has 2 saturated heterocycles. The summed E-state index contributed by atoms with van der Waals surface area (Å²) in [5, 5.41) is 3.70. The summed E-state index contributed by atoms with van der Waals surface area (Å²) in [4.78, 5) is 2.51. The van der Waals surface area contributed by atoms with Crippen LogP contribution in [0.1, 0.15) is 45.1 Å². The first-order valence-electron chi connectivity index (χ1n) is 10.3. The summed E-state index contributed by atoms with van der Waals surface area (Å²) in [6.07, 6.45) is 4.61. The lowest BCUT2D eigenvalue weighted by atomic mass is 9.67. The van der Waals surface area contributed by atoms with Gasteiger partial charge in [0.05, 0.1) is 18.8 Å². The molecule has 1 N–H and O–H groups in total. The van der Waals surface area contributed by atoms with Gasteiger partial charge < -0.3 is 14.8 Å². The Bertz CT molecular complexity index is 528. The van der Waals surface area contributed by atoms with E-state index in [1.165, 1.54) is 24.9 Å². The van der Waals surface area contributed by atoms with Crippen LogP contribution in [0.5, 0.6) is 0 Å². The molecule has 1 aromatic carbocycles. The van der Waals surface area contributed by atoms with Crippen molar-refractivity contribution in [1.82, 2.24) is 10.2 Å². The highest BCUT2D eigenvalue weighted by atomic mass is 16.5. The monoisotopic (exact) mass is 360 g/mol. The predicted octanol–water partition coefficient (Wildman–Crippen LogP) is 3.22. The molecule has 2 aliphatic rings. The molecule has 3 rings (SSSR count). The summed E-state index contributed by atoms with van der Waals surface area (Å²) in [6, 6.07) is 11.1. The van der Waals surface area contributed by atoms with Crippen molar-refractivity contribution in [1.29, 1.82) is 0 Å². The molecule has 0 bridgehead atoms. The lowest BCUT2D eigenvalue weighted by Crippen LogP contribution is -2.45. The Morgan fingerprint density at radius 2 is 1.81 bits per heavy atom. The van der Waals surface area contributed by atoms with Crippen molar-refractivity contribution in [2.24, 2.45) is 0 Å². The van der Waals surface area contributed by atoms with Gasteiger partial charge in [-0.1, -0.05) is 30.3 Å². The number of nitrogens with zero attached hydrogens (tertiary/aromatic N) is 1. The molecule has 26 heavy (non-hydrogen) atoms. The average molecular weight is 361 g/mol. The zero-order valence-electron chi connectivity index (χ0n) is 16.6. The zero-order valence-corrected chi connectivity index (χ0v) is 16.6. The Morgan fingerprint density at radius 3 is 2.54 bits per heavy atom. The van der Waals surface area contributed by atoms with Gasteiger partial charge in [-0.2, -0.15) is 0 Å². The van der Waals surface area contributed by atoms with E-state index in [0.29, 0.717) is 0 Å². The predicted molar refractivity (Wildman–Crippen MR) is 107 cm³/mol. The van der Waals surface area contributed by atoms with E-state index < -0.39 is 0 Å². The van der Waals surface area contributed by atoms with Gasteiger partial charge >= 0.3 is 0 Å². The minimum atomic E-state index is -0.0373. The molecule has 0 radical (unpaired) electrons. The van der Waals surface area contributed by atoms with Gasteiger partial charge in [0.25, 0.3) is 0 Å². The van der Waals surface area contributed by atoms with E-state index in [-0.39, 0.29) is 11.0 Å². The van der Waals surface area contributed by atoms with Crippen molar-refractivity contribution >= 4 is 0 Å². The molecule has 146 valence electrons. The third-order valence-corrected chi connectivity index (χ3v) is 5.94. The Labute approximate surface area is 159 Å². The van der Waals surface area contributed by atoms with Crippen LogP contribution in [0, 0.1) is 0 Å². The molecule has 4 heteroatoms. The standard InChI is InChI=1S/C22H36N2O2/c1-21(2)19-22(10-16-26-21,20-7-4-3-5-8-20)9-12-23-11-6-13-24-14-17-25-18-15-24/h3-5,7-8,23H,6,9-19H2,1-2H3/t22-/m1/s1. The van der Waals surface area contributed by atoms with E-state index in [2.05, 4.69) is 54.4 Å². The second-order valence-corrected chi connectivity index (χ2v) is 8.49. The number of hydrogen-bond donors (Lipinski definition) is 1. The van der Waals surface area contributed by atoms with Gasteiger partial charge in [-0.15, -0.1) is 0 Å². The normalized spacial score (nSPS) is 26.7. The van der Waals surface area contributed by atoms with Crippen molar-refractivity contribution in [2.75, 3.05) is 52.5 Å². The Hall–Kier alpha value is -0.940. The largest absolute Gasteiger partial charge is 0.379 e. The van der Waals surface area contributed by atoms with Crippen LogP contribution in [-0.2, 0) is 14.9 Å². The van der Waals surface area contributed by atoms with Gasteiger partial charge in [0.1, 0.15) is 0 Å². The van der Waals surface area contributed by atoms with Crippen LogP contribution in [0.3, 0.4) is 0 Å². The van der Waals surface area contributed by atoms with Crippen molar-refractivity contribution in [2.45, 2.75) is 50.5 Å². The summed E-state index contributed by atoms with van der Waals surface area (Å²) in [5.74, 6) is 0. The van der Waals surface area contributed by atoms with Gasteiger partial charge in [0.15, 0.2) is 0 Å². The number of nitrogens with one attached hydrogen (secondary N) is 1. The molecule has 2 aliphatic heterocycles. The smallest absolute Gasteiger partial charge is 0.0635 e. The van der Waals surface area contributed by atoms with E-state index in [1.54, 1.807) is 0 Å². The zero-order chi connectivity index (χ0) is 18.3. The molecule has 0 unspecified atom stereocenters. The Kier molecular flexibility index (Phi) is 7.10. The molecule has 1 atom stereocenters. The van der Waals surface area contributed by atoms with E-state index in [1.807, 2.05) is 0 Å². The summed E-state index contributed by atoms with van der Waals surface area (Å²) < 4.78 is 11.4. The third-order valence-electron chi connectivity index (χ3n) is 5.94. The second-order valence-electron chi connectivity index (χ2n) is 8.49. The molecule has 0 aliphatic carbocycles. The lowest BCUT2D eigenvalue weighted by Gasteiger charge is -2.45. The first-order chi connectivity index (χ1) is 12.6. The minimum absolute atomic E-state index is 0.0373. The molecular formula is C22H36N2O2. The van der Waals surface area contributed by atoms with Gasteiger partial charge in [-0.05, 0) is 64.7 Å². The van der Waals surface area contributed by atoms with Crippen LogP contribution < -0.4 is 5.32 Å². The summed E-state index contributed by atoms with van der Waals surface area (Å²) in [6.45, 7) is 12.7. The Morgan fingerprint density at radius 1 is 1.04 bits per heavy atom. The van der Waals surface area contributed by atoms with Crippen molar-refractivity contribution < 1.29 is 9.47 Å². The molecular weight excluding hydrogens is 324 g/mol. The van der Waals surface area contributed by atoms with Crippen molar-refractivity contribution in [3.63, 3.8) is 0 Å². The number of ether oxygens (including phenoxy) is 2. The number of hydrogen-bond acceptors (Lipinski definition) is 4. The van der Waals surface area contributed by atoms with Crippen molar-refractivity contribution in [3.05, 3.63) is 35.9 Å². The number of rotatable bonds is 8. The van der Waals surface area contributed by atoms with E-state index in [4.69, 9.17) is 9.47 Å². The van der Waals surface area contributed by atoms with Crippen LogP contribution in [0.15, 0.2) is 30.3 Å². The van der Waals surface area contributed by atoms with E-state index in [9.17, 15) is 0 Å². The highest BCUT2D eigenvalue weighted by Gasteiger charge is 2.41. The summed E-state index contributed by atoms with van der Waals surface area (Å²) in [5.41, 5.74) is 1.68.